The summed E-state index contributed by atoms with van der Waals surface area (Å²) in [4.78, 5) is 25.3. The van der Waals surface area contributed by atoms with Gasteiger partial charge in [-0.1, -0.05) is 13.8 Å². The van der Waals surface area contributed by atoms with Crippen LogP contribution in [-0.2, 0) is 19.6 Å². The lowest BCUT2D eigenvalue weighted by atomic mass is 10.2. The van der Waals surface area contributed by atoms with Crippen molar-refractivity contribution in [3.8, 4) is 0 Å². The van der Waals surface area contributed by atoms with Crippen LogP contribution >= 0.6 is 0 Å². The summed E-state index contributed by atoms with van der Waals surface area (Å²) < 4.78 is 25.5. The Hall–Kier alpha value is -2.09. The topological polar surface area (TPSA) is 86.8 Å². The molecule has 26 heavy (non-hydrogen) atoms. The van der Waals surface area contributed by atoms with E-state index in [1.54, 1.807) is 29.2 Å². The zero-order chi connectivity index (χ0) is 19.7. The van der Waals surface area contributed by atoms with E-state index in [9.17, 15) is 18.0 Å². The van der Waals surface area contributed by atoms with E-state index < -0.39 is 10.0 Å². The molecule has 0 atom stereocenters. The highest BCUT2D eigenvalue weighted by atomic mass is 32.2. The highest BCUT2D eigenvalue weighted by Gasteiger charge is 2.20. The van der Waals surface area contributed by atoms with Gasteiger partial charge in [-0.05, 0) is 37.1 Å². The molecule has 0 aromatic heterocycles. The molecule has 0 aliphatic heterocycles. The van der Waals surface area contributed by atoms with Crippen molar-refractivity contribution in [3.05, 3.63) is 24.3 Å². The van der Waals surface area contributed by atoms with E-state index in [0.717, 1.165) is 19.1 Å². The Morgan fingerprint density at radius 2 is 1.54 bits per heavy atom. The van der Waals surface area contributed by atoms with Crippen LogP contribution in [0.25, 0.3) is 0 Å². The summed E-state index contributed by atoms with van der Waals surface area (Å²) in [6.45, 7) is 6.86. The molecular formula is C18H29N3O4S. The first-order valence-corrected chi connectivity index (χ1v) is 10.7. The smallest absolute Gasteiger partial charge is 0.232 e. The molecule has 8 heteroatoms. The van der Waals surface area contributed by atoms with Gasteiger partial charge in [-0.2, -0.15) is 0 Å². The van der Waals surface area contributed by atoms with Gasteiger partial charge in [0.25, 0.3) is 0 Å². The van der Waals surface area contributed by atoms with Gasteiger partial charge in [0, 0.05) is 38.7 Å². The minimum absolute atomic E-state index is 0.0442. The molecule has 2 amide bonds. The number of carbonyl (C=O) groups is 2. The molecule has 0 saturated heterocycles. The Morgan fingerprint density at radius 3 is 1.96 bits per heavy atom. The maximum atomic E-state index is 12.4. The summed E-state index contributed by atoms with van der Waals surface area (Å²) in [6, 6.07) is 6.51. The van der Waals surface area contributed by atoms with E-state index >= 15 is 0 Å². The minimum atomic E-state index is -3.52. The average Bonchev–Trinajstić information content (AvgIpc) is 2.54. The van der Waals surface area contributed by atoms with Crippen molar-refractivity contribution in [3.63, 3.8) is 0 Å². The summed E-state index contributed by atoms with van der Waals surface area (Å²) in [5.41, 5.74) is 1.05. The van der Waals surface area contributed by atoms with Crippen LogP contribution in [0.3, 0.4) is 0 Å². The van der Waals surface area contributed by atoms with Gasteiger partial charge in [-0.25, -0.2) is 8.42 Å². The summed E-state index contributed by atoms with van der Waals surface area (Å²) in [5.74, 6) is -0.243. The number of benzene rings is 1. The van der Waals surface area contributed by atoms with Gasteiger partial charge in [0.05, 0.1) is 11.9 Å². The molecule has 1 aromatic carbocycles. The molecule has 0 bridgehead atoms. The molecule has 0 radical (unpaired) electrons. The van der Waals surface area contributed by atoms with Gasteiger partial charge < -0.3 is 10.2 Å². The Morgan fingerprint density at radius 1 is 1.00 bits per heavy atom. The first-order valence-electron chi connectivity index (χ1n) is 8.82. The fourth-order valence-electron chi connectivity index (χ4n) is 2.66. The normalized spacial score (nSPS) is 11.1. The molecule has 0 saturated carbocycles. The summed E-state index contributed by atoms with van der Waals surface area (Å²) >= 11 is 0. The molecule has 146 valence electrons. The molecule has 0 heterocycles. The average molecular weight is 384 g/mol. The van der Waals surface area contributed by atoms with Gasteiger partial charge in [-0.15, -0.1) is 0 Å². The number of nitrogens with zero attached hydrogens (tertiary/aromatic N) is 2. The zero-order valence-corrected chi connectivity index (χ0v) is 16.8. The number of carbonyl (C=O) groups excluding carboxylic acids is 2. The minimum Gasteiger partial charge on any atom is -0.343 e. The summed E-state index contributed by atoms with van der Waals surface area (Å²) in [7, 11) is -3.52. The Labute approximate surface area is 156 Å². The van der Waals surface area contributed by atoms with Gasteiger partial charge in [0.15, 0.2) is 0 Å². The third-order valence-corrected chi connectivity index (χ3v) is 4.94. The van der Waals surface area contributed by atoms with Crippen LogP contribution in [0.4, 0.5) is 11.4 Å². The van der Waals surface area contributed by atoms with Crippen LogP contribution in [0.5, 0.6) is 0 Å². The molecule has 1 rings (SSSR count). The van der Waals surface area contributed by atoms with Crippen molar-refractivity contribution in [1.82, 2.24) is 4.90 Å². The lowest BCUT2D eigenvalue weighted by Crippen LogP contribution is -2.37. The predicted octanol–water partition coefficient (Wildman–Crippen LogP) is 2.45. The monoisotopic (exact) mass is 383 g/mol. The summed E-state index contributed by atoms with van der Waals surface area (Å²) in [6.07, 6.45) is 2.98. The third-order valence-electron chi connectivity index (χ3n) is 3.74. The fourth-order valence-corrected chi connectivity index (χ4v) is 3.58. The Kier molecular flexibility index (Phi) is 8.57. The first kappa shape index (κ1) is 22.0. The van der Waals surface area contributed by atoms with Gasteiger partial charge >= 0.3 is 0 Å². The zero-order valence-electron chi connectivity index (χ0n) is 16.0. The van der Waals surface area contributed by atoms with Gasteiger partial charge in [-0.3, -0.25) is 13.9 Å². The molecule has 1 aromatic rings. The van der Waals surface area contributed by atoms with Crippen molar-refractivity contribution < 1.29 is 18.0 Å². The molecule has 0 fully saturated rings. The number of hydrogen-bond acceptors (Lipinski definition) is 4. The Bertz CT molecular complexity index is 696. The number of amides is 2. The molecule has 0 spiro atoms. The molecule has 7 nitrogen and oxygen atoms in total. The van der Waals surface area contributed by atoms with Crippen LogP contribution in [-0.4, -0.2) is 51.0 Å². The highest BCUT2D eigenvalue weighted by Crippen LogP contribution is 2.21. The second-order valence-electron chi connectivity index (χ2n) is 6.19. The molecule has 0 unspecified atom stereocenters. The number of hydrogen-bond donors (Lipinski definition) is 1. The number of anilines is 2. The number of sulfonamides is 1. The number of nitrogens with one attached hydrogen (secondary N) is 1. The SMILES string of the molecule is CCCN(CCC)C(=O)CCN(c1ccc(NC(C)=O)cc1)S(C)(=O)=O. The van der Waals surface area contributed by atoms with E-state index in [0.29, 0.717) is 24.5 Å². The lowest BCUT2D eigenvalue weighted by molar-refractivity contribution is -0.131. The molecule has 1 N–H and O–H groups in total. The van der Waals surface area contributed by atoms with E-state index in [2.05, 4.69) is 5.32 Å². The van der Waals surface area contributed by atoms with Crippen molar-refractivity contribution in [2.75, 3.05) is 35.5 Å². The predicted molar refractivity (Wildman–Crippen MR) is 105 cm³/mol. The lowest BCUT2D eigenvalue weighted by Gasteiger charge is -2.25. The van der Waals surface area contributed by atoms with Crippen LogP contribution in [0, 0.1) is 0 Å². The highest BCUT2D eigenvalue weighted by molar-refractivity contribution is 7.92. The molecular weight excluding hydrogens is 354 g/mol. The number of rotatable bonds is 10. The van der Waals surface area contributed by atoms with Crippen LogP contribution in [0.15, 0.2) is 24.3 Å². The fraction of sp³-hybridized carbons (Fsp3) is 0.556. The molecule has 0 aliphatic carbocycles. The van der Waals surface area contributed by atoms with Gasteiger partial charge in [0.2, 0.25) is 21.8 Å². The van der Waals surface area contributed by atoms with Crippen LogP contribution < -0.4 is 9.62 Å². The second-order valence-corrected chi connectivity index (χ2v) is 8.10. The molecule has 0 aliphatic rings. The second kappa shape index (κ2) is 10.2. The van der Waals surface area contributed by atoms with Crippen LogP contribution in [0.2, 0.25) is 0 Å². The third kappa shape index (κ3) is 7.03. The maximum absolute atomic E-state index is 12.4. The van der Waals surface area contributed by atoms with Crippen molar-refractivity contribution in [1.29, 1.82) is 0 Å². The van der Waals surface area contributed by atoms with E-state index in [-0.39, 0.29) is 24.8 Å². The van der Waals surface area contributed by atoms with Crippen LogP contribution in [0.1, 0.15) is 40.0 Å². The van der Waals surface area contributed by atoms with E-state index in [1.807, 2.05) is 13.8 Å². The van der Waals surface area contributed by atoms with E-state index in [4.69, 9.17) is 0 Å². The maximum Gasteiger partial charge on any atom is 0.232 e. The Balaban J connectivity index is 2.88. The standard InChI is InChI=1S/C18H29N3O4S/c1-5-12-20(13-6-2)18(23)11-14-21(26(4,24)25)17-9-7-16(8-10-17)19-15(3)22/h7-10H,5-6,11-14H2,1-4H3,(H,19,22). The largest absolute Gasteiger partial charge is 0.343 e. The quantitative estimate of drug-likeness (QED) is 0.672. The van der Waals surface area contributed by atoms with Gasteiger partial charge in [0.1, 0.15) is 0 Å². The summed E-state index contributed by atoms with van der Waals surface area (Å²) in [5, 5.41) is 2.64. The first-order chi connectivity index (χ1) is 12.2. The van der Waals surface area contributed by atoms with Crippen molar-refractivity contribution >= 4 is 33.2 Å². The van der Waals surface area contributed by atoms with E-state index in [1.165, 1.54) is 11.2 Å². The van der Waals surface area contributed by atoms with Crippen molar-refractivity contribution in [2.24, 2.45) is 0 Å². The van der Waals surface area contributed by atoms with Crippen molar-refractivity contribution in [2.45, 2.75) is 40.0 Å².